The van der Waals surface area contributed by atoms with E-state index in [1.165, 1.54) is 25.3 Å². The van der Waals surface area contributed by atoms with Crippen molar-refractivity contribution < 1.29 is 33.4 Å². The summed E-state index contributed by atoms with van der Waals surface area (Å²) in [4.78, 5) is 35.9. The topological polar surface area (TPSA) is 105 Å². The van der Waals surface area contributed by atoms with E-state index >= 15 is 0 Å². The third kappa shape index (κ3) is 5.42. The number of ether oxygens (including phenoxy) is 2. The van der Waals surface area contributed by atoms with Gasteiger partial charge in [-0.2, -0.15) is 5.01 Å². The standard InChI is InChI=1S/C21H17FN2O6S2/c1-29-16-10-12(6-7-15(16)30-9-8-18(25)26)11-17-20(28)24(21(31)32-17)23-19(27)13-4-2-3-5-14(13)22/h2-7,10-11H,8-9H2,1H3,(H,23,27)(H,25,26)/b17-11+. The van der Waals surface area contributed by atoms with Crippen LogP contribution in [-0.2, 0) is 9.59 Å². The maximum atomic E-state index is 13.8. The van der Waals surface area contributed by atoms with Crippen LogP contribution in [0.25, 0.3) is 6.08 Å². The molecule has 1 aliphatic rings. The van der Waals surface area contributed by atoms with E-state index in [2.05, 4.69) is 5.43 Å². The molecule has 0 spiro atoms. The Balaban J connectivity index is 1.74. The second-order valence-electron chi connectivity index (χ2n) is 6.34. The number of benzene rings is 2. The molecule has 1 fully saturated rings. The highest BCUT2D eigenvalue weighted by Crippen LogP contribution is 2.34. The van der Waals surface area contributed by atoms with Gasteiger partial charge >= 0.3 is 5.97 Å². The van der Waals surface area contributed by atoms with Gasteiger partial charge in [-0.05, 0) is 48.1 Å². The second kappa shape index (κ2) is 10.2. The molecular formula is C21H17FN2O6S2. The Hall–Kier alpha value is -3.44. The summed E-state index contributed by atoms with van der Waals surface area (Å²) in [5, 5.41) is 9.60. The van der Waals surface area contributed by atoms with Gasteiger partial charge in [0.2, 0.25) is 0 Å². The molecule has 1 saturated heterocycles. The molecule has 166 valence electrons. The molecule has 1 heterocycles. The number of hydrazine groups is 1. The van der Waals surface area contributed by atoms with Gasteiger partial charge in [0.05, 0.1) is 30.6 Å². The Morgan fingerprint density at radius 1 is 1.25 bits per heavy atom. The summed E-state index contributed by atoms with van der Waals surface area (Å²) in [6.07, 6.45) is 1.39. The molecular weight excluding hydrogens is 459 g/mol. The van der Waals surface area contributed by atoms with Crippen LogP contribution < -0.4 is 14.9 Å². The van der Waals surface area contributed by atoms with Crippen LogP contribution in [0.3, 0.4) is 0 Å². The number of thioether (sulfide) groups is 1. The van der Waals surface area contributed by atoms with Gasteiger partial charge in [-0.15, -0.1) is 0 Å². The summed E-state index contributed by atoms with van der Waals surface area (Å²) in [6, 6.07) is 10.2. The Labute approximate surface area is 192 Å². The van der Waals surface area contributed by atoms with E-state index < -0.39 is 23.6 Å². The lowest BCUT2D eigenvalue weighted by atomic mass is 10.2. The number of aliphatic carboxylic acids is 1. The van der Waals surface area contributed by atoms with Gasteiger partial charge in [-0.1, -0.05) is 30.0 Å². The van der Waals surface area contributed by atoms with E-state index in [1.807, 2.05) is 0 Å². The fourth-order valence-corrected chi connectivity index (χ4v) is 3.84. The first-order chi connectivity index (χ1) is 15.3. The summed E-state index contributed by atoms with van der Waals surface area (Å²) in [5.41, 5.74) is 2.70. The minimum Gasteiger partial charge on any atom is -0.493 e. The number of carboxylic acids is 1. The summed E-state index contributed by atoms with van der Waals surface area (Å²) in [6.45, 7) is -0.0224. The molecule has 3 rings (SSSR count). The molecule has 11 heteroatoms. The largest absolute Gasteiger partial charge is 0.493 e. The first kappa shape index (κ1) is 23.2. The number of nitrogens with zero attached hydrogens (tertiary/aromatic N) is 1. The zero-order valence-electron chi connectivity index (χ0n) is 16.7. The van der Waals surface area contributed by atoms with E-state index in [9.17, 15) is 18.8 Å². The Bertz CT molecular complexity index is 1120. The van der Waals surface area contributed by atoms with Gasteiger partial charge < -0.3 is 14.6 Å². The van der Waals surface area contributed by atoms with Crippen molar-refractivity contribution in [2.24, 2.45) is 0 Å². The predicted molar refractivity (Wildman–Crippen MR) is 120 cm³/mol. The fourth-order valence-electron chi connectivity index (χ4n) is 2.66. The van der Waals surface area contributed by atoms with Crippen LogP contribution in [0, 0.1) is 5.82 Å². The third-order valence-electron chi connectivity index (χ3n) is 4.18. The lowest BCUT2D eigenvalue weighted by molar-refractivity contribution is -0.137. The fraction of sp³-hybridized carbons (Fsp3) is 0.143. The molecule has 0 unspecified atom stereocenters. The van der Waals surface area contributed by atoms with Crippen molar-refractivity contribution in [2.75, 3.05) is 13.7 Å². The van der Waals surface area contributed by atoms with Crippen molar-refractivity contribution >= 4 is 52.2 Å². The number of hydrogen-bond donors (Lipinski definition) is 2. The number of nitrogens with one attached hydrogen (secondary N) is 1. The summed E-state index contributed by atoms with van der Waals surface area (Å²) in [7, 11) is 1.43. The Kier molecular flexibility index (Phi) is 7.44. The highest BCUT2D eigenvalue weighted by atomic mass is 32.2. The minimum atomic E-state index is -0.982. The first-order valence-corrected chi connectivity index (χ1v) is 10.4. The van der Waals surface area contributed by atoms with Gasteiger partial charge in [0, 0.05) is 0 Å². The first-order valence-electron chi connectivity index (χ1n) is 9.16. The maximum Gasteiger partial charge on any atom is 0.306 e. The normalized spacial score (nSPS) is 14.6. The third-order valence-corrected chi connectivity index (χ3v) is 5.49. The van der Waals surface area contributed by atoms with Crippen molar-refractivity contribution in [3.8, 4) is 11.5 Å². The highest BCUT2D eigenvalue weighted by molar-refractivity contribution is 8.26. The molecule has 2 amide bonds. The quantitative estimate of drug-likeness (QED) is 0.442. The van der Waals surface area contributed by atoms with Crippen LogP contribution in [0.2, 0.25) is 0 Å². The molecule has 2 aromatic rings. The monoisotopic (exact) mass is 476 g/mol. The molecule has 0 atom stereocenters. The SMILES string of the molecule is COc1cc(/C=C2/SC(=S)N(NC(=O)c3ccccc3F)C2=O)ccc1OCCC(=O)O. The Morgan fingerprint density at radius 3 is 2.69 bits per heavy atom. The van der Waals surface area contributed by atoms with Crippen molar-refractivity contribution in [1.82, 2.24) is 10.4 Å². The van der Waals surface area contributed by atoms with E-state index in [0.717, 1.165) is 22.8 Å². The molecule has 1 aliphatic heterocycles. The molecule has 0 aliphatic carbocycles. The van der Waals surface area contributed by atoms with Gasteiger partial charge in [0.15, 0.2) is 15.8 Å². The molecule has 0 saturated carbocycles. The molecule has 0 aromatic heterocycles. The number of halogens is 1. The number of carbonyl (C=O) groups excluding carboxylic acids is 2. The number of rotatable bonds is 8. The minimum absolute atomic E-state index is 0.0224. The van der Waals surface area contributed by atoms with Crippen LogP contribution in [0.5, 0.6) is 11.5 Å². The lowest BCUT2D eigenvalue weighted by Gasteiger charge is -2.15. The number of carboxylic acid groups (broad SMARTS) is 1. The van der Waals surface area contributed by atoms with E-state index in [-0.39, 0.29) is 27.8 Å². The van der Waals surface area contributed by atoms with E-state index in [1.54, 1.807) is 24.3 Å². The molecule has 32 heavy (non-hydrogen) atoms. The lowest BCUT2D eigenvalue weighted by Crippen LogP contribution is -2.45. The average molecular weight is 477 g/mol. The average Bonchev–Trinajstić information content (AvgIpc) is 3.01. The molecule has 0 radical (unpaired) electrons. The second-order valence-corrected chi connectivity index (χ2v) is 8.02. The smallest absolute Gasteiger partial charge is 0.306 e. The van der Waals surface area contributed by atoms with Crippen molar-refractivity contribution in [3.05, 3.63) is 64.3 Å². The van der Waals surface area contributed by atoms with Crippen LogP contribution in [0.1, 0.15) is 22.3 Å². The van der Waals surface area contributed by atoms with E-state index in [0.29, 0.717) is 17.1 Å². The van der Waals surface area contributed by atoms with Gasteiger partial charge in [0.1, 0.15) is 5.82 Å². The number of hydrogen-bond acceptors (Lipinski definition) is 7. The van der Waals surface area contributed by atoms with Gasteiger partial charge in [-0.3, -0.25) is 19.8 Å². The van der Waals surface area contributed by atoms with Crippen LogP contribution in [0.15, 0.2) is 47.4 Å². The summed E-state index contributed by atoms with van der Waals surface area (Å²) >= 11 is 6.15. The predicted octanol–water partition coefficient (Wildman–Crippen LogP) is 3.23. The highest BCUT2D eigenvalue weighted by Gasteiger charge is 2.34. The van der Waals surface area contributed by atoms with Crippen LogP contribution in [-0.4, -0.2) is 45.9 Å². The van der Waals surface area contributed by atoms with Crippen molar-refractivity contribution in [1.29, 1.82) is 0 Å². The summed E-state index contributed by atoms with van der Waals surface area (Å²) < 4.78 is 24.6. The summed E-state index contributed by atoms with van der Waals surface area (Å²) in [5.74, 6) is -2.35. The maximum absolute atomic E-state index is 13.8. The zero-order chi connectivity index (χ0) is 23.3. The van der Waals surface area contributed by atoms with Crippen molar-refractivity contribution in [3.63, 3.8) is 0 Å². The molecule has 0 bridgehead atoms. The number of carbonyl (C=O) groups is 3. The van der Waals surface area contributed by atoms with Crippen LogP contribution in [0.4, 0.5) is 4.39 Å². The molecule has 2 N–H and O–H groups in total. The van der Waals surface area contributed by atoms with E-state index in [4.69, 9.17) is 26.8 Å². The number of amides is 2. The van der Waals surface area contributed by atoms with Gasteiger partial charge in [0.25, 0.3) is 11.8 Å². The molecule has 8 nitrogen and oxygen atoms in total. The van der Waals surface area contributed by atoms with Crippen molar-refractivity contribution in [2.45, 2.75) is 6.42 Å². The van der Waals surface area contributed by atoms with Crippen LogP contribution >= 0.6 is 24.0 Å². The Morgan fingerprint density at radius 2 is 2.00 bits per heavy atom. The zero-order valence-corrected chi connectivity index (χ0v) is 18.3. The number of thiocarbonyl (C=S) groups is 1. The number of methoxy groups -OCH3 is 1. The van der Waals surface area contributed by atoms with Gasteiger partial charge in [-0.25, -0.2) is 4.39 Å². The molecule has 2 aromatic carbocycles.